The smallest absolute Gasteiger partial charge is 0.262 e. The number of benzene rings is 2. The molecule has 21 heavy (non-hydrogen) atoms. The fraction of sp³-hybridized carbons (Fsp3) is 0.235. The number of nitrogen functional groups attached to an aromatic ring is 1. The van der Waals surface area contributed by atoms with Gasteiger partial charge in [-0.05, 0) is 60.7 Å². The van der Waals surface area contributed by atoms with E-state index in [4.69, 9.17) is 10.5 Å². The third-order valence-corrected chi connectivity index (χ3v) is 3.61. The first-order valence-electron chi connectivity index (χ1n) is 7.11. The van der Waals surface area contributed by atoms with Crippen molar-refractivity contribution < 1.29 is 9.53 Å². The van der Waals surface area contributed by atoms with Crippen molar-refractivity contribution in [3.05, 3.63) is 53.6 Å². The second-order valence-corrected chi connectivity index (χ2v) is 5.25. The number of hydrogen-bond acceptors (Lipinski definition) is 3. The highest BCUT2D eigenvalue weighted by atomic mass is 16.5. The molecule has 3 rings (SSSR count). The van der Waals surface area contributed by atoms with Gasteiger partial charge >= 0.3 is 0 Å². The van der Waals surface area contributed by atoms with Gasteiger partial charge in [0.2, 0.25) is 0 Å². The van der Waals surface area contributed by atoms with Gasteiger partial charge in [0, 0.05) is 11.4 Å². The SMILES string of the molecule is Nc1cccc(NC(=O)COc2ccc3c(c2)CCC3)c1. The lowest BCUT2D eigenvalue weighted by Crippen LogP contribution is -2.20. The van der Waals surface area contributed by atoms with Crippen LogP contribution in [0.4, 0.5) is 11.4 Å². The maximum absolute atomic E-state index is 11.9. The Hall–Kier alpha value is -2.49. The Morgan fingerprint density at radius 3 is 2.86 bits per heavy atom. The number of anilines is 2. The first kappa shape index (κ1) is 13.5. The molecule has 0 bridgehead atoms. The fourth-order valence-electron chi connectivity index (χ4n) is 2.60. The summed E-state index contributed by atoms with van der Waals surface area (Å²) in [6.45, 7) is -0.00636. The Morgan fingerprint density at radius 2 is 2.00 bits per heavy atom. The van der Waals surface area contributed by atoms with Crippen LogP contribution in [0.15, 0.2) is 42.5 Å². The van der Waals surface area contributed by atoms with Crippen LogP contribution >= 0.6 is 0 Å². The number of hydrogen-bond donors (Lipinski definition) is 2. The second kappa shape index (κ2) is 5.87. The summed E-state index contributed by atoms with van der Waals surface area (Å²) in [6.07, 6.45) is 3.45. The summed E-state index contributed by atoms with van der Waals surface area (Å²) >= 11 is 0. The summed E-state index contributed by atoms with van der Waals surface area (Å²) in [4.78, 5) is 11.9. The average Bonchev–Trinajstić information content (AvgIpc) is 2.92. The lowest BCUT2D eigenvalue weighted by molar-refractivity contribution is -0.118. The third-order valence-electron chi connectivity index (χ3n) is 3.61. The largest absolute Gasteiger partial charge is 0.484 e. The van der Waals surface area contributed by atoms with Crippen LogP contribution in [0, 0.1) is 0 Å². The van der Waals surface area contributed by atoms with E-state index in [0.29, 0.717) is 11.4 Å². The molecule has 0 saturated carbocycles. The molecule has 0 atom stereocenters. The van der Waals surface area contributed by atoms with E-state index in [1.54, 1.807) is 24.3 Å². The standard InChI is InChI=1S/C17H18N2O2/c18-14-5-2-6-15(10-14)19-17(20)11-21-16-8-7-12-3-1-4-13(12)9-16/h2,5-10H,1,3-4,11,18H2,(H,19,20). The molecule has 0 aromatic heterocycles. The Bertz CT molecular complexity index is 668. The van der Waals surface area contributed by atoms with E-state index in [1.807, 2.05) is 12.1 Å². The van der Waals surface area contributed by atoms with E-state index < -0.39 is 0 Å². The summed E-state index contributed by atoms with van der Waals surface area (Å²) in [7, 11) is 0. The second-order valence-electron chi connectivity index (χ2n) is 5.25. The van der Waals surface area contributed by atoms with Crippen molar-refractivity contribution in [3.63, 3.8) is 0 Å². The molecule has 2 aromatic rings. The summed E-state index contributed by atoms with van der Waals surface area (Å²) in [6, 6.07) is 13.1. The van der Waals surface area contributed by atoms with E-state index in [2.05, 4.69) is 11.4 Å². The summed E-state index contributed by atoms with van der Waals surface area (Å²) < 4.78 is 5.55. The number of amides is 1. The van der Waals surface area contributed by atoms with Gasteiger partial charge in [-0.2, -0.15) is 0 Å². The normalized spacial score (nSPS) is 12.8. The molecule has 0 heterocycles. The summed E-state index contributed by atoms with van der Waals surface area (Å²) in [5.74, 6) is 0.555. The van der Waals surface area contributed by atoms with Gasteiger partial charge in [0.25, 0.3) is 5.91 Å². The van der Waals surface area contributed by atoms with Gasteiger partial charge in [0.05, 0.1) is 0 Å². The molecule has 3 N–H and O–H groups in total. The van der Waals surface area contributed by atoms with Gasteiger partial charge in [0.15, 0.2) is 6.61 Å². The quantitative estimate of drug-likeness (QED) is 0.847. The van der Waals surface area contributed by atoms with Gasteiger partial charge in [0.1, 0.15) is 5.75 Å². The lowest BCUT2D eigenvalue weighted by Gasteiger charge is -2.09. The van der Waals surface area contributed by atoms with Crippen molar-refractivity contribution in [3.8, 4) is 5.75 Å². The highest BCUT2D eigenvalue weighted by Gasteiger charge is 2.11. The molecule has 1 aliphatic rings. The van der Waals surface area contributed by atoms with Crippen molar-refractivity contribution in [1.29, 1.82) is 0 Å². The molecular formula is C17H18N2O2. The number of aryl methyl sites for hydroxylation is 2. The molecule has 4 nitrogen and oxygen atoms in total. The molecule has 4 heteroatoms. The Morgan fingerprint density at radius 1 is 1.14 bits per heavy atom. The van der Waals surface area contributed by atoms with Crippen LogP contribution in [0.5, 0.6) is 5.75 Å². The number of nitrogens with one attached hydrogen (secondary N) is 1. The minimum Gasteiger partial charge on any atom is -0.484 e. The molecular weight excluding hydrogens is 264 g/mol. The van der Waals surface area contributed by atoms with Crippen LogP contribution in [0.25, 0.3) is 0 Å². The molecule has 0 unspecified atom stereocenters. The fourth-order valence-corrected chi connectivity index (χ4v) is 2.60. The van der Waals surface area contributed by atoms with Crippen LogP contribution in [-0.4, -0.2) is 12.5 Å². The van der Waals surface area contributed by atoms with Crippen molar-refractivity contribution in [2.75, 3.05) is 17.7 Å². The zero-order valence-electron chi connectivity index (χ0n) is 11.8. The van der Waals surface area contributed by atoms with Crippen molar-refractivity contribution in [2.24, 2.45) is 0 Å². The van der Waals surface area contributed by atoms with Crippen LogP contribution in [0.2, 0.25) is 0 Å². The number of ether oxygens (including phenoxy) is 1. The predicted octanol–water partition coefficient (Wildman–Crippen LogP) is 2.78. The van der Waals surface area contributed by atoms with Crippen molar-refractivity contribution in [1.82, 2.24) is 0 Å². The third kappa shape index (κ3) is 3.34. The number of carbonyl (C=O) groups excluding carboxylic acids is 1. The molecule has 2 aromatic carbocycles. The van der Waals surface area contributed by atoms with E-state index in [-0.39, 0.29) is 12.5 Å². The van der Waals surface area contributed by atoms with E-state index in [9.17, 15) is 4.79 Å². The molecule has 108 valence electrons. The molecule has 0 radical (unpaired) electrons. The average molecular weight is 282 g/mol. The van der Waals surface area contributed by atoms with Crippen LogP contribution in [0.3, 0.4) is 0 Å². The van der Waals surface area contributed by atoms with Gasteiger partial charge < -0.3 is 15.8 Å². The molecule has 0 saturated heterocycles. The van der Waals surface area contributed by atoms with Gasteiger partial charge in [-0.25, -0.2) is 0 Å². The van der Waals surface area contributed by atoms with E-state index in [1.165, 1.54) is 17.5 Å². The molecule has 0 fully saturated rings. The number of nitrogens with two attached hydrogens (primary N) is 1. The van der Waals surface area contributed by atoms with Crippen LogP contribution < -0.4 is 15.8 Å². The highest BCUT2D eigenvalue weighted by molar-refractivity contribution is 5.92. The highest BCUT2D eigenvalue weighted by Crippen LogP contribution is 2.26. The maximum atomic E-state index is 11.9. The number of rotatable bonds is 4. The Kier molecular flexibility index (Phi) is 3.77. The number of carbonyl (C=O) groups is 1. The number of fused-ring (bicyclic) bond motifs is 1. The Labute approximate surface area is 123 Å². The topological polar surface area (TPSA) is 64.3 Å². The lowest BCUT2D eigenvalue weighted by atomic mass is 10.1. The van der Waals surface area contributed by atoms with Crippen molar-refractivity contribution >= 4 is 17.3 Å². The summed E-state index contributed by atoms with van der Waals surface area (Å²) in [5, 5.41) is 2.76. The van der Waals surface area contributed by atoms with Gasteiger partial charge in [-0.15, -0.1) is 0 Å². The summed E-state index contributed by atoms with van der Waals surface area (Å²) in [5.41, 5.74) is 9.70. The maximum Gasteiger partial charge on any atom is 0.262 e. The first-order valence-corrected chi connectivity index (χ1v) is 7.11. The molecule has 1 amide bonds. The van der Waals surface area contributed by atoms with E-state index >= 15 is 0 Å². The zero-order chi connectivity index (χ0) is 14.7. The van der Waals surface area contributed by atoms with Crippen molar-refractivity contribution in [2.45, 2.75) is 19.3 Å². The zero-order valence-corrected chi connectivity index (χ0v) is 11.8. The van der Waals surface area contributed by atoms with Gasteiger partial charge in [-0.1, -0.05) is 12.1 Å². The van der Waals surface area contributed by atoms with Crippen LogP contribution in [-0.2, 0) is 17.6 Å². The minimum absolute atomic E-state index is 0.00636. The first-order chi connectivity index (χ1) is 10.2. The minimum atomic E-state index is -0.193. The van der Waals surface area contributed by atoms with Crippen LogP contribution in [0.1, 0.15) is 17.5 Å². The Balaban J connectivity index is 1.56. The molecule has 0 spiro atoms. The van der Waals surface area contributed by atoms with E-state index in [0.717, 1.165) is 18.6 Å². The predicted molar refractivity (Wildman–Crippen MR) is 83.4 cm³/mol. The molecule has 1 aliphatic carbocycles. The van der Waals surface area contributed by atoms with Gasteiger partial charge in [-0.3, -0.25) is 4.79 Å². The monoisotopic (exact) mass is 282 g/mol. The molecule has 0 aliphatic heterocycles.